The van der Waals surface area contributed by atoms with E-state index in [0.717, 1.165) is 6.42 Å². The van der Waals surface area contributed by atoms with E-state index in [2.05, 4.69) is 5.32 Å². The van der Waals surface area contributed by atoms with Crippen LogP contribution in [0.25, 0.3) is 0 Å². The lowest BCUT2D eigenvalue weighted by Crippen LogP contribution is -2.39. The highest BCUT2D eigenvalue weighted by molar-refractivity contribution is 5.90. The van der Waals surface area contributed by atoms with E-state index < -0.39 is 23.1 Å². The number of benzene rings is 1. The summed E-state index contributed by atoms with van der Waals surface area (Å²) in [6.07, 6.45) is 1.57. The van der Waals surface area contributed by atoms with E-state index in [1.807, 2.05) is 0 Å². The van der Waals surface area contributed by atoms with Gasteiger partial charge in [0.05, 0.1) is 5.56 Å². The highest BCUT2D eigenvalue weighted by Gasteiger charge is 2.41. The Labute approximate surface area is 130 Å². The molecule has 0 saturated carbocycles. The summed E-state index contributed by atoms with van der Waals surface area (Å²) in [5.41, 5.74) is -1.99. The minimum Gasteiger partial charge on any atom is -0.456 e. The van der Waals surface area contributed by atoms with Gasteiger partial charge in [0.25, 0.3) is 5.91 Å². The molecule has 1 fully saturated rings. The number of alkyl halides is 1. The number of carbonyl (C=O) groups excluding carboxylic acids is 2. The molecule has 5 heteroatoms. The molecular weight excluding hydrogens is 285 g/mol. The number of amides is 1. The zero-order valence-corrected chi connectivity index (χ0v) is 13.2. The molecule has 0 spiro atoms. The molecule has 1 atom stereocenters. The van der Waals surface area contributed by atoms with Gasteiger partial charge in [-0.05, 0) is 57.7 Å². The van der Waals surface area contributed by atoms with Crippen LogP contribution in [0.5, 0.6) is 0 Å². The third-order valence-electron chi connectivity index (χ3n) is 3.57. The van der Waals surface area contributed by atoms with Crippen molar-refractivity contribution in [2.75, 3.05) is 6.54 Å². The predicted molar refractivity (Wildman–Crippen MR) is 81.3 cm³/mol. The number of hydrogen-bond donors (Lipinski definition) is 1. The molecule has 1 amide bonds. The van der Waals surface area contributed by atoms with E-state index in [0.29, 0.717) is 18.5 Å². The number of ether oxygens (including phenoxy) is 1. The highest BCUT2D eigenvalue weighted by atomic mass is 19.1. The van der Waals surface area contributed by atoms with Gasteiger partial charge in [0.15, 0.2) is 0 Å². The van der Waals surface area contributed by atoms with Crippen molar-refractivity contribution in [3.8, 4) is 0 Å². The van der Waals surface area contributed by atoms with Gasteiger partial charge in [0, 0.05) is 6.54 Å². The van der Waals surface area contributed by atoms with Crippen molar-refractivity contribution in [3.05, 3.63) is 35.4 Å². The predicted octanol–water partition coefficient (Wildman–Crippen LogP) is 3.11. The second-order valence-corrected chi connectivity index (χ2v) is 6.59. The lowest BCUT2D eigenvalue weighted by molar-refractivity contribution is -0.133. The summed E-state index contributed by atoms with van der Waals surface area (Å²) < 4.78 is 20.3. The molecule has 1 aromatic rings. The first-order valence-corrected chi connectivity index (χ1v) is 7.53. The molecule has 0 radical (unpaired) electrons. The van der Waals surface area contributed by atoms with Gasteiger partial charge in [-0.15, -0.1) is 0 Å². The number of esters is 1. The molecule has 1 aliphatic heterocycles. The quantitative estimate of drug-likeness (QED) is 0.854. The molecule has 1 unspecified atom stereocenters. The van der Waals surface area contributed by atoms with E-state index >= 15 is 4.39 Å². The fourth-order valence-corrected chi connectivity index (χ4v) is 2.43. The van der Waals surface area contributed by atoms with E-state index in [4.69, 9.17) is 4.74 Å². The first-order chi connectivity index (χ1) is 10.2. The van der Waals surface area contributed by atoms with Crippen LogP contribution >= 0.6 is 0 Å². The van der Waals surface area contributed by atoms with Gasteiger partial charge in [-0.1, -0.05) is 12.1 Å². The first kappa shape index (κ1) is 16.5. The lowest BCUT2D eigenvalue weighted by atomic mass is 9.90. The molecule has 120 valence electrons. The number of hydrogen-bond acceptors (Lipinski definition) is 3. The second kappa shape index (κ2) is 6.07. The SMILES string of the molecule is CC(C)(C)OC(=O)c1ccc(C2(F)CCCCNC2=O)cc1. The van der Waals surface area contributed by atoms with Crippen LogP contribution in [0.4, 0.5) is 4.39 Å². The second-order valence-electron chi connectivity index (χ2n) is 6.59. The topological polar surface area (TPSA) is 55.4 Å². The monoisotopic (exact) mass is 307 g/mol. The van der Waals surface area contributed by atoms with Crippen LogP contribution in [0.3, 0.4) is 0 Å². The van der Waals surface area contributed by atoms with E-state index in [9.17, 15) is 9.59 Å². The Morgan fingerprint density at radius 1 is 1.23 bits per heavy atom. The fourth-order valence-electron chi connectivity index (χ4n) is 2.43. The molecule has 1 saturated heterocycles. The molecule has 1 aromatic carbocycles. The van der Waals surface area contributed by atoms with Crippen molar-refractivity contribution >= 4 is 11.9 Å². The van der Waals surface area contributed by atoms with E-state index in [-0.39, 0.29) is 12.0 Å². The van der Waals surface area contributed by atoms with Crippen LogP contribution in [-0.2, 0) is 15.2 Å². The van der Waals surface area contributed by atoms with Crippen molar-refractivity contribution in [1.29, 1.82) is 0 Å². The summed E-state index contributed by atoms with van der Waals surface area (Å²) in [4.78, 5) is 23.9. The first-order valence-electron chi connectivity index (χ1n) is 7.53. The molecule has 1 heterocycles. The zero-order chi connectivity index (χ0) is 16.4. The summed E-state index contributed by atoms with van der Waals surface area (Å²) in [5.74, 6) is -1.06. The van der Waals surface area contributed by atoms with Gasteiger partial charge < -0.3 is 10.1 Å². The van der Waals surface area contributed by atoms with Gasteiger partial charge in [-0.25, -0.2) is 9.18 Å². The van der Waals surface area contributed by atoms with Gasteiger partial charge in [0.2, 0.25) is 5.67 Å². The number of carbonyl (C=O) groups is 2. The lowest BCUT2D eigenvalue weighted by Gasteiger charge is -2.23. The summed E-state index contributed by atoms with van der Waals surface area (Å²) in [6.45, 7) is 5.85. The van der Waals surface area contributed by atoms with Crippen LogP contribution < -0.4 is 5.32 Å². The van der Waals surface area contributed by atoms with Gasteiger partial charge in [0.1, 0.15) is 5.60 Å². The molecule has 1 aliphatic rings. The van der Waals surface area contributed by atoms with Crippen molar-refractivity contribution in [1.82, 2.24) is 5.32 Å². The highest BCUT2D eigenvalue weighted by Crippen LogP contribution is 2.33. The Morgan fingerprint density at radius 3 is 2.45 bits per heavy atom. The normalized spacial score (nSPS) is 22.6. The largest absolute Gasteiger partial charge is 0.456 e. The van der Waals surface area contributed by atoms with Gasteiger partial charge in [-0.2, -0.15) is 0 Å². The molecular formula is C17H22FNO3. The summed E-state index contributed by atoms with van der Waals surface area (Å²) in [7, 11) is 0. The third kappa shape index (κ3) is 3.64. The minimum absolute atomic E-state index is 0.157. The maximum absolute atomic E-state index is 15.0. The van der Waals surface area contributed by atoms with Gasteiger partial charge >= 0.3 is 5.97 Å². The molecule has 0 aromatic heterocycles. The average molecular weight is 307 g/mol. The van der Waals surface area contributed by atoms with Crippen LogP contribution in [-0.4, -0.2) is 24.0 Å². The number of rotatable bonds is 2. The third-order valence-corrected chi connectivity index (χ3v) is 3.57. The van der Waals surface area contributed by atoms with Gasteiger partial charge in [-0.3, -0.25) is 4.79 Å². The average Bonchev–Trinajstić information content (AvgIpc) is 2.60. The smallest absolute Gasteiger partial charge is 0.338 e. The summed E-state index contributed by atoms with van der Waals surface area (Å²) in [6, 6.07) is 5.99. The Balaban J connectivity index is 2.21. The Bertz CT molecular complexity index is 562. The van der Waals surface area contributed by atoms with Crippen LogP contribution in [0.15, 0.2) is 24.3 Å². The van der Waals surface area contributed by atoms with Crippen LogP contribution in [0.2, 0.25) is 0 Å². The molecule has 4 nitrogen and oxygen atoms in total. The Morgan fingerprint density at radius 2 is 1.86 bits per heavy atom. The van der Waals surface area contributed by atoms with Crippen molar-refractivity contribution in [2.24, 2.45) is 0 Å². The van der Waals surface area contributed by atoms with Crippen LogP contribution in [0.1, 0.15) is 56.0 Å². The summed E-state index contributed by atoms with van der Waals surface area (Å²) in [5, 5.41) is 2.60. The maximum atomic E-state index is 15.0. The summed E-state index contributed by atoms with van der Waals surface area (Å²) >= 11 is 0. The van der Waals surface area contributed by atoms with Crippen molar-refractivity contribution in [3.63, 3.8) is 0 Å². The standard InChI is InChI=1S/C17H22FNO3/c1-16(2,3)22-14(20)12-6-8-13(9-7-12)17(18)10-4-5-11-19-15(17)21/h6-9H,4-5,10-11H2,1-3H3,(H,19,21). The van der Waals surface area contributed by atoms with E-state index in [1.165, 1.54) is 24.3 Å². The Kier molecular flexibility index (Phi) is 4.54. The maximum Gasteiger partial charge on any atom is 0.338 e. The van der Waals surface area contributed by atoms with E-state index in [1.54, 1.807) is 20.8 Å². The number of nitrogens with one attached hydrogen (secondary N) is 1. The van der Waals surface area contributed by atoms with Crippen molar-refractivity contribution < 1.29 is 18.7 Å². The van der Waals surface area contributed by atoms with Crippen LogP contribution in [0, 0.1) is 0 Å². The minimum atomic E-state index is -2.02. The van der Waals surface area contributed by atoms with Crippen molar-refractivity contribution in [2.45, 2.75) is 51.3 Å². The molecule has 0 bridgehead atoms. The molecule has 1 N–H and O–H groups in total. The molecule has 2 rings (SSSR count). The molecule has 22 heavy (non-hydrogen) atoms. The Hall–Kier alpha value is -1.91. The molecule has 0 aliphatic carbocycles. The number of halogens is 1. The zero-order valence-electron chi connectivity index (χ0n) is 13.2. The fraction of sp³-hybridized carbons (Fsp3) is 0.529.